The van der Waals surface area contributed by atoms with Crippen molar-refractivity contribution in [3.63, 3.8) is 0 Å². The smallest absolute Gasteiger partial charge is 0.244 e. The average Bonchev–Trinajstić information content (AvgIpc) is 2.72. The molecule has 0 saturated heterocycles. The highest BCUT2D eigenvalue weighted by Crippen LogP contribution is 2.26. The van der Waals surface area contributed by atoms with Crippen LogP contribution in [0.1, 0.15) is 23.6 Å². The molecule has 0 aliphatic rings. The molecule has 2 rings (SSSR count). The molecule has 0 saturated carbocycles. The number of anilines is 1. The van der Waals surface area contributed by atoms with E-state index in [2.05, 4.69) is 5.32 Å². The highest BCUT2D eigenvalue weighted by molar-refractivity contribution is 7.92. The summed E-state index contributed by atoms with van der Waals surface area (Å²) in [6.07, 6.45) is 1.05. The van der Waals surface area contributed by atoms with E-state index in [1.807, 2.05) is 13.0 Å². The van der Waals surface area contributed by atoms with Crippen LogP contribution in [0.25, 0.3) is 0 Å². The van der Waals surface area contributed by atoms with Crippen LogP contribution in [0, 0.1) is 13.8 Å². The summed E-state index contributed by atoms with van der Waals surface area (Å²) in [6.45, 7) is 4.80. The largest absolute Gasteiger partial charge is 0.357 e. The molecule has 0 bridgehead atoms. The SMILES string of the molecule is CNC(=O)[C@@H](C)N(Cc1ccc(Cl)c(Cl)c1)C(=O)CN(c1cc(C)ccc1C)S(C)(=O)=O. The Hall–Kier alpha value is -2.29. The average molecular weight is 500 g/mol. The first kappa shape index (κ1) is 26.0. The molecule has 0 aliphatic heterocycles. The molecule has 0 aliphatic carbocycles. The van der Waals surface area contributed by atoms with Crippen molar-refractivity contribution >= 4 is 50.7 Å². The molecular weight excluding hydrogens is 473 g/mol. The summed E-state index contributed by atoms with van der Waals surface area (Å²) in [6, 6.07) is 9.45. The van der Waals surface area contributed by atoms with Crippen molar-refractivity contribution in [3.05, 3.63) is 63.1 Å². The van der Waals surface area contributed by atoms with Crippen molar-refractivity contribution in [2.45, 2.75) is 33.4 Å². The van der Waals surface area contributed by atoms with Crippen LogP contribution in [0.15, 0.2) is 36.4 Å². The Morgan fingerprint density at radius 3 is 2.28 bits per heavy atom. The molecule has 1 N–H and O–H groups in total. The van der Waals surface area contributed by atoms with Gasteiger partial charge in [-0.05, 0) is 55.7 Å². The number of hydrogen-bond donors (Lipinski definition) is 1. The fraction of sp³-hybridized carbons (Fsp3) is 0.364. The standard InChI is InChI=1S/C22H27Cl2N3O4S/c1-14-6-7-15(2)20(10-14)27(32(5,30)31)13-21(28)26(16(3)22(29)25-4)12-17-8-9-18(23)19(24)11-17/h6-11,16H,12-13H2,1-5H3,(H,25,29)/t16-/m1/s1. The van der Waals surface area contributed by atoms with Crippen LogP contribution in [0.3, 0.4) is 0 Å². The van der Waals surface area contributed by atoms with E-state index < -0.39 is 28.5 Å². The zero-order valence-corrected chi connectivity index (χ0v) is 21.0. The summed E-state index contributed by atoms with van der Waals surface area (Å²) in [5, 5.41) is 3.21. The van der Waals surface area contributed by atoms with E-state index >= 15 is 0 Å². The summed E-state index contributed by atoms with van der Waals surface area (Å²) in [5.74, 6) is -0.908. The number of rotatable bonds is 8. The molecule has 0 radical (unpaired) electrons. The summed E-state index contributed by atoms with van der Waals surface area (Å²) >= 11 is 12.1. The van der Waals surface area contributed by atoms with E-state index in [0.29, 0.717) is 26.9 Å². The Balaban J connectivity index is 2.44. The van der Waals surface area contributed by atoms with Gasteiger partial charge in [0.05, 0.1) is 22.0 Å². The Kier molecular flexibility index (Phi) is 8.56. The number of carbonyl (C=O) groups is 2. The van der Waals surface area contributed by atoms with Gasteiger partial charge < -0.3 is 10.2 Å². The van der Waals surface area contributed by atoms with Crippen LogP contribution >= 0.6 is 23.2 Å². The number of likely N-dealkylation sites (N-methyl/N-ethyl adjacent to an activating group) is 1. The van der Waals surface area contributed by atoms with Crippen molar-refractivity contribution < 1.29 is 18.0 Å². The molecule has 2 aromatic carbocycles. The number of sulfonamides is 1. The first-order valence-electron chi connectivity index (χ1n) is 9.85. The second kappa shape index (κ2) is 10.6. The van der Waals surface area contributed by atoms with Crippen LogP contribution in [0.2, 0.25) is 10.0 Å². The van der Waals surface area contributed by atoms with Gasteiger partial charge in [0, 0.05) is 13.6 Å². The maximum atomic E-state index is 13.4. The van der Waals surface area contributed by atoms with E-state index in [1.54, 1.807) is 44.2 Å². The summed E-state index contributed by atoms with van der Waals surface area (Å²) in [4.78, 5) is 27.0. The number of hydrogen-bond acceptors (Lipinski definition) is 4. The fourth-order valence-corrected chi connectivity index (χ4v) is 4.43. The molecule has 174 valence electrons. The minimum absolute atomic E-state index is 0.0503. The van der Waals surface area contributed by atoms with Crippen LogP contribution in [0.4, 0.5) is 5.69 Å². The molecule has 0 unspecified atom stereocenters. The molecule has 0 heterocycles. The Bertz CT molecular complexity index is 1120. The van der Waals surface area contributed by atoms with Crippen LogP contribution in [-0.4, -0.2) is 51.0 Å². The van der Waals surface area contributed by atoms with Gasteiger partial charge in [-0.25, -0.2) is 8.42 Å². The van der Waals surface area contributed by atoms with Crippen LogP contribution < -0.4 is 9.62 Å². The Labute approximate surface area is 199 Å². The van der Waals surface area contributed by atoms with E-state index in [9.17, 15) is 18.0 Å². The Morgan fingerprint density at radius 2 is 1.72 bits per heavy atom. The summed E-state index contributed by atoms with van der Waals surface area (Å²) in [5.41, 5.74) is 2.64. The van der Waals surface area contributed by atoms with Gasteiger partial charge in [-0.2, -0.15) is 0 Å². The number of aryl methyl sites for hydroxylation is 2. The maximum Gasteiger partial charge on any atom is 0.244 e. The van der Waals surface area contributed by atoms with Gasteiger partial charge in [0.1, 0.15) is 12.6 Å². The zero-order valence-electron chi connectivity index (χ0n) is 18.6. The first-order valence-corrected chi connectivity index (χ1v) is 12.5. The lowest BCUT2D eigenvalue weighted by molar-refractivity contribution is -0.139. The molecule has 2 amide bonds. The van der Waals surface area contributed by atoms with Crippen molar-refractivity contribution in [1.82, 2.24) is 10.2 Å². The van der Waals surface area contributed by atoms with Gasteiger partial charge in [0.2, 0.25) is 21.8 Å². The molecule has 32 heavy (non-hydrogen) atoms. The topological polar surface area (TPSA) is 86.8 Å². The first-order chi connectivity index (χ1) is 14.8. The number of benzene rings is 2. The van der Waals surface area contributed by atoms with E-state index in [-0.39, 0.29) is 12.5 Å². The van der Waals surface area contributed by atoms with Gasteiger partial charge in [-0.15, -0.1) is 0 Å². The lowest BCUT2D eigenvalue weighted by Crippen LogP contribution is -2.50. The van der Waals surface area contributed by atoms with Gasteiger partial charge in [0.25, 0.3) is 0 Å². The molecule has 0 fully saturated rings. The van der Waals surface area contributed by atoms with Gasteiger partial charge in [-0.1, -0.05) is 41.4 Å². The monoisotopic (exact) mass is 499 g/mol. The van der Waals surface area contributed by atoms with E-state index in [1.165, 1.54) is 11.9 Å². The summed E-state index contributed by atoms with van der Waals surface area (Å²) in [7, 11) is -2.30. The third-order valence-corrected chi connectivity index (χ3v) is 6.93. The van der Waals surface area contributed by atoms with Gasteiger partial charge in [-0.3, -0.25) is 13.9 Å². The number of carbonyl (C=O) groups excluding carboxylic acids is 2. The minimum Gasteiger partial charge on any atom is -0.357 e. The lowest BCUT2D eigenvalue weighted by atomic mass is 10.1. The second-order valence-corrected chi connectivity index (χ2v) is 10.3. The predicted octanol–water partition coefficient (Wildman–Crippen LogP) is 3.54. The fourth-order valence-electron chi connectivity index (χ4n) is 3.21. The Morgan fingerprint density at radius 1 is 1.06 bits per heavy atom. The van der Waals surface area contributed by atoms with E-state index in [0.717, 1.165) is 16.1 Å². The number of halogens is 2. The number of nitrogens with one attached hydrogen (secondary N) is 1. The quantitative estimate of drug-likeness (QED) is 0.601. The van der Waals surface area contributed by atoms with Crippen molar-refractivity contribution in [3.8, 4) is 0 Å². The number of nitrogens with zero attached hydrogens (tertiary/aromatic N) is 2. The lowest BCUT2D eigenvalue weighted by Gasteiger charge is -2.31. The molecular formula is C22H27Cl2N3O4S. The normalized spacial score (nSPS) is 12.2. The van der Waals surface area contributed by atoms with E-state index in [4.69, 9.17) is 23.2 Å². The maximum absolute atomic E-state index is 13.4. The number of amides is 2. The molecule has 2 aromatic rings. The molecule has 0 aromatic heterocycles. The van der Waals surface area contributed by atoms with Crippen molar-refractivity contribution in [2.24, 2.45) is 0 Å². The summed E-state index contributed by atoms with van der Waals surface area (Å²) < 4.78 is 26.3. The molecule has 0 spiro atoms. The zero-order chi connectivity index (χ0) is 24.2. The third kappa shape index (κ3) is 6.37. The third-order valence-electron chi connectivity index (χ3n) is 5.06. The second-order valence-electron chi connectivity index (χ2n) is 7.62. The highest BCUT2D eigenvalue weighted by atomic mass is 35.5. The van der Waals surface area contributed by atoms with Gasteiger partial charge in [0.15, 0.2) is 0 Å². The minimum atomic E-state index is -3.78. The van der Waals surface area contributed by atoms with Crippen molar-refractivity contribution in [2.75, 3.05) is 24.2 Å². The molecule has 1 atom stereocenters. The van der Waals surface area contributed by atoms with Gasteiger partial charge >= 0.3 is 0 Å². The predicted molar refractivity (Wildman–Crippen MR) is 129 cm³/mol. The van der Waals surface area contributed by atoms with Crippen LogP contribution in [-0.2, 0) is 26.2 Å². The van der Waals surface area contributed by atoms with Crippen LogP contribution in [0.5, 0.6) is 0 Å². The molecule has 7 nitrogen and oxygen atoms in total. The molecule has 10 heteroatoms. The van der Waals surface area contributed by atoms with Crippen molar-refractivity contribution in [1.29, 1.82) is 0 Å². The highest BCUT2D eigenvalue weighted by Gasteiger charge is 2.30.